The van der Waals surface area contributed by atoms with Crippen molar-refractivity contribution in [1.29, 1.82) is 0 Å². The molecule has 0 heterocycles. The highest BCUT2D eigenvalue weighted by Gasteiger charge is 2.19. The first-order valence-corrected chi connectivity index (χ1v) is 8.24. The Morgan fingerprint density at radius 3 is 2.35 bits per heavy atom. The highest BCUT2D eigenvalue weighted by molar-refractivity contribution is 7.92. The molecule has 0 spiro atoms. The van der Waals surface area contributed by atoms with Crippen molar-refractivity contribution in [1.82, 2.24) is 0 Å². The fraction of sp³-hybridized carbons (Fsp3) is 0.188. The summed E-state index contributed by atoms with van der Waals surface area (Å²) >= 11 is 0. The van der Waals surface area contributed by atoms with Crippen molar-refractivity contribution in [3.63, 3.8) is 0 Å². The number of carboxylic acid groups (broad SMARTS) is 1. The molecule has 2 rings (SSSR count). The number of sulfonamides is 1. The summed E-state index contributed by atoms with van der Waals surface area (Å²) < 4.78 is 32.6. The predicted octanol–water partition coefficient (Wildman–Crippen LogP) is 2.81. The van der Waals surface area contributed by atoms with Crippen LogP contribution in [-0.4, -0.2) is 26.6 Å². The molecule has 122 valence electrons. The Hall–Kier alpha value is -2.54. The number of anilines is 1. The monoisotopic (exact) mass is 335 g/mol. The van der Waals surface area contributed by atoms with Gasteiger partial charge in [-0.1, -0.05) is 6.07 Å². The lowest BCUT2D eigenvalue weighted by Crippen LogP contribution is -2.15. The highest BCUT2D eigenvalue weighted by atomic mass is 32.2. The third-order valence-electron chi connectivity index (χ3n) is 3.40. The molecule has 6 nitrogen and oxygen atoms in total. The van der Waals surface area contributed by atoms with Crippen LogP contribution in [0.3, 0.4) is 0 Å². The molecule has 7 heteroatoms. The molecule has 0 aliphatic rings. The van der Waals surface area contributed by atoms with Crippen LogP contribution in [0.5, 0.6) is 5.75 Å². The number of ether oxygens (including phenoxy) is 1. The fourth-order valence-corrected chi connectivity index (χ4v) is 3.46. The summed E-state index contributed by atoms with van der Waals surface area (Å²) in [5.41, 5.74) is 1.41. The SMILES string of the molecule is COc1ccc(S(=O)(=O)Nc2cc(C(=O)O)ccc2C)c(C)c1. The van der Waals surface area contributed by atoms with Crippen LogP contribution in [0.1, 0.15) is 21.5 Å². The first-order chi connectivity index (χ1) is 10.7. The van der Waals surface area contributed by atoms with Gasteiger partial charge in [0.25, 0.3) is 10.0 Å². The fourth-order valence-electron chi connectivity index (χ4n) is 2.12. The summed E-state index contributed by atoms with van der Waals surface area (Å²) in [5.74, 6) is -0.559. The van der Waals surface area contributed by atoms with Crippen LogP contribution >= 0.6 is 0 Å². The summed E-state index contributed by atoms with van der Waals surface area (Å²) in [5, 5.41) is 9.03. The van der Waals surface area contributed by atoms with Gasteiger partial charge in [-0.3, -0.25) is 4.72 Å². The van der Waals surface area contributed by atoms with Crippen molar-refractivity contribution in [3.05, 3.63) is 53.1 Å². The molecule has 2 aromatic carbocycles. The Balaban J connectivity index is 2.42. The van der Waals surface area contributed by atoms with E-state index in [1.807, 2.05) is 0 Å². The van der Waals surface area contributed by atoms with E-state index >= 15 is 0 Å². The lowest BCUT2D eigenvalue weighted by Gasteiger charge is -2.13. The van der Waals surface area contributed by atoms with Gasteiger partial charge in [-0.25, -0.2) is 13.2 Å². The van der Waals surface area contributed by atoms with Crippen LogP contribution in [0.2, 0.25) is 0 Å². The number of aryl methyl sites for hydroxylation is 2. The highest BCUT2D eigenvalue weighted by Crippen LogP contribution is 2.25. The van der Waals surface area contributed by atoms with E-state index in [1.165, 1.54) is 25.3 Å². The van der Waals surface area contributed by atoms with E-state index in [9.17, 15) is 13.2 Å². The number of carbonyl (C=O) groups is 1. The van der Waals surface area contributed by atoms with Gasteiger partial charge in [-0.15, -0.1) is 0 Å². The van der Waals surface area contributed by atoms with Crippen molar-refractivity contribution in [2.45, 2.75) is 18.7 Å². The minimum absolute atomic E-state index is 0.0137. The van der Waals surface area contributed by atoms with Gasteiger partial charge >= 0.3 is 5.97 Å². The molecule has 0 amide bonds. The van der Waals surface area contributed by atoms with E-state index in [0.717, 1.165) is 0 Å². The topological polar surface area (TPSA) is 92.7 Å². The summed E-state index contributed by atoms with van der Waals surface area (Å²) in [6.45, 7) is 3.36. The molecular weight excluding hydrogens is 318 g/mol. The number of carboxylic acids is 1. The van der Waals surface area contributed by atoms with Gasteiger partial charge in [0.1, 0.15) is 5.75 Å². The Morgan fingerprint density at radius 1 is 1.09 bits per heavy atom. The lowest BCUT2D eigenvalue weighted by atomic mass is 10.1. The summed E-state index contributed by atoms with van der Waals surface area (Å²) in [7, 11) is -2.33. The van der Waals surface area contributed by atoms with Crippen LogP contribution in [0.4, 0.5) is 5.69 Å². The van der Waals surface area contributed by atoms with E-state index in [4.69, 9.17) is 9.84 Å². The van der Waals surface area contributed by atoms with Gasteiger partial charge in [0, 0.05) is 0 Å². The number of aromatic carboxylic acids is 1. The van der Waals surface area contributed by atoms with Gasteiger partial charge in [0.15, 0.2) is 0 Å². The van der Waals surface area contributed by atoms with Crippen molar-refractivity contribution in [3.8, 4) is 5.75 Å². The molecule has 0 atom stereocenters. The van der Waals surface area contributed by atoms with Crippen LogP contribution in [0, 0.1) is 13.8 Å². The number of hydrogen-bond acceptors (Lipinski definition) is 4. The molecule has 0 unspecified atom stereocenters. The van der Waals surface area contributed by atoms with Crippen LogP contribution in [0.15, 0.2) is 41.3 Å². The van der Waals surface area contributed by atoms with Gasteiger partial charge in [-0.05, 0) is 55.3 Å². The van der Waals surface area contributed by atoms with Gasteiger partial charge in [0.05, 0.1) is 23.3 Å². The number of benzene rings is 2. The minimum atomic E-state index is -3.83. The molecule has 0 aromatic heterocycles. The normalized spacial score (nSPS) is 11.1. The molecule has 0 fully saturated rings. The first-order valence-electron chi connectivity index (χ1n) is 6.76. The molecule has 0 aliphatic carbocycles. The molecule has 2 N–H and O–H groups in total. The van der Waals surface area contributed by atoms with E-state index < -0.39 is 16.0 Å². The quantitative estimate of drug-likeness (QED) is 0.876. The average molecular weight is 335 g/mol. The molecule has 2 aromatic rings. The van der Waals surface area contributed by atoms with Crippen molar-refractivity contribution >= 4 is 21.7 Å². The molecule has 0 saturated carbocycles. The summed E-state index contributed by atoms with van der Waals surface area (Å²) in [4.78, 5) is 11.1. The second kappa shape index (κ2) is 6.29. The van der Waals surface area contributed by atoms with Crippen molar-refractivity contribution < 1.29 is 23.1 Å². The Bertz CT molecular complexity index is 859. The molecule has 23 heavy (non-hydrogen) atoms. The predicted molar refractivity (Wildman–Crippen MR) is 86.7 cm³/mol. The number of hydrogen-bond donors (Lipinski definition) is 2. The third kappa shape index (κ3) is 3.62. The largest absolute Gasteiger partial charge is 0.497 e. The van der Waals surface area contributed by atoms with Gasteiger partial charge in [-0.2, -0.15) is 0 Å². The van der Waals surface area contributed by atoms with Crippen molar-refractivity contribution in [2.75, 3.05) is 11.8 Å². The van der Waals surface area contributed by atoms with E-state index in [0.29, 0.717) is 16.9 Å². The average Bonchev–Trinajstić information content (AvgIpc) is 2.48. The third-order valence-corrected chi connectivity index (χ3v) is 4.93. The van der Waals surface area contributed by atoms with Crippen LogP contribution in [0.25, 0.3) is 0 Å². The maximum atomic E-state index is 12.6. The van der Waals surface area contributed by atoms with Gasteiger partial charge in [0.2, 0.25) is 0 Å². The second-order valence-electron chi connectivity index (χ2n) is 5.07. The molecule has 0 saturated heterocycles. The van der Waals surface area contributed by atoms with E-state index in [-0.39, 0.29) is 16.1 Å². The standard InChI is InChI=1S/C16H17NO5S/c1-10-4-5-12(16(18)19)9-14(10)17-23(20,21)15-7-6-13(22-3)8-11(15)2/h4-9,17H,1-3H3,(H,18,19). The van der Waals surface area contributed by atoms with Crippen molar-refractivity contribution in [2.24, 2.45) is 0 Å². The zero-order chi connectivity index (χ0) is 17.2. The smallest absolute Gasteiger partial charge is 0.335 e. The van der Waals surface area contributed by atoms with Gasteiger partial charge < -0.3 is 9.84 Å². The minimum Gasteiger partial charge on any atom is -0.497 e. The summed E-state index contributed by atoms with van der Waals surface area (Å²) in [6.07, 6.45) is 0. The first kappa shape index (κ1) is 16.8. The maximum absolute atomic E-state index is 12.6. The zero-order valence-corrected chi connectivity index (χ0v) is 13.8. The number of nitrogens with one attached hydrogen (secondary N) is 1. The molecule has 0 aliphatic heterocycles. The maximum Gasteiger partial charge on any atom is 0.335 e. The van der Waals surface area contributed by atoms with Crippen LogP contribution in [-0.2, 0) is 10.0 Å². The van der Waals surface area contributed by atoms with E-state index in [2.05, 4.69) is 4.72 Å². The lowest BCUT2D eigenvalue weighted by molar-refractivity contribution is 0.0697. The number of methoxy groups -OCH3 is 1. The molecular formula is C16H17NO5S. The van der Waals surface area contributed by atoms with Crippen LogP contribution < -0.4 is 9.46 Å². The number of rotatable bonds is 5. The Labute approximate surface area is 134 Å². The molecule has 0 radical (unpaired) electrons. The zero-order valence-electron chi connectivity index (χ0n) is 13.0. The Kier molecular flexibility index (Phi) is 4.60. The Morgan fingerprint density at radius 2 is 1.78 bits per heavy atom. The second-order valence-corrected chi connectivity index (χ2v) is 6.72. The molecule has 0 bridgehead atoms. The summed E-state index contributed by atoms with van der Waals surface area (Å²) in [6, 6.07) is 8.91. The van der Waals surface area contributed by atoms with E-state index in [1.54, 1.807) is 32.0 Å².